The van der Waals surface area contributed by atoms with Gasteiger partial charge in [-0.2, -0.15) is 5.10 Å². The topological polar surface area (TPSA) is 118 Å². The third kappa shape index (κ3) is 4.83. The van der Waals surface area contributed by atoms with E-state index in [2.05, 4.69) is 15.5 Å². The van der Waals surface area contributed by atoms with Crippen molar-refractivity contribution >= 4 is 38.4 Å². The maximum Gasteiger partial charge on any atom is 0.269 e. The molecule has 1 aromatic heterocycles. The third-order valence-corrected chi connectivity index (χ3v) is 6.49. The lowest BCUT2D eigenvalue weighted by Gasteiger charge is -2.11. The van der Waals surface area contributed by atoms with Gasteiger partial charge in [-0.25, -0.2) is 17.7 Å². The lowest BCUT2D eigenvalue weighted by atomic mass is 10.2. The van der Waals surface area contributed by atoms with Crippen molar-refractivity contribution in [3.63, 3.8) is 0 Å². The summed E-state index contributed by atoms with van der Waals surface area (Å²) in [5.41, 5.74) is 5.01. The van der Waals surface area contributed by atoms with Crippen molar-refractivity contribution < 1.29 is 13.3 Å². The molecule has 2 aromatic carbocycles. The number of thiazole rings is 1. The van der Waals surface area contributed by atoms with E-state index in [0.29, 0.717) is 16.4 Å². The average molecular weight is 431 g/mol. The van der Waals surface area contributed by atoms with Crippen LogP contribution in [-0.2, 0) is 10.0 Å². The predicted octanol–water partition coefficient (Wildman–Crippen LogP) is 3.41. The van der Waals surface area contributed by atoms with Crippen molar-refractivity contribution in [2.75, 3.05) is 19.5 Å². The smallest absolute Gasteiger partial charge is 0.258 e. The molecule has 0 atom stereocenters. The Balaban J connectivity index is 1.67. The first-order chi connectivity index (χ1) is 13.8. The highest BCUT2D eigenvalue weighted by atomic mass is 32.2. The number of non-ortho nitro benzene ring substituents is 1. The van der Waals surface area contributed by atoms with Crippen LogP contribution in [0, 0.1) is 10.1 Å². The van der Waals surface area contributed by atoms with Gasteiger partial charge in [-0.15, -0.1) is 11.3 Å². The zero-order chi connectivity index (χ0) is 21.0. The molecule has 0 unspecified atom stereocenters. The van der Waals surface area contributed by atoms with Crippen molar-refractivity contribution in [2.45, 2.75) is 4.90 Å². The Morgan fingerprint density at radius 2 is 1.79 bits per heavy atom. The summed E-state index contributed by atoms with van der Waals surface area (Å²) >= 11 is 1.35. The Labute approximate surface area is 171 Å². The van der Waals surface area contributed by atoms with Crippen LogP contribution in [0.4, 0.5) is 10.8 Å². The van der Waals surface area contributed by atoms with Crippen LogP contribution in [0.2, 0.25) is 0 Å². The number of anilines is 1. The molecule has 9 nitrogen and oxygen atoms in total. The molecule has 0 radical (unpaired) electrons. The highest BCUT2D eigenvalue weighted by Gasteiger charge is 2.17. The number of benzene rings is 2. The van der Waals surface area contributed by atoms with Crippen LogP contribution in [0.3, 0.4) is 0 Å². The second-order valence-corrected chi connectivity index (χ2v) is 9.08. The second kappa shape index (κ2) is 8.47. The van der Waals surface area contributed by atoms with Crippen LogP contribution in [0.15, 0.2) is 63.9 Å². The fraction of sp³-hybridized carbons (Fsp3) is 0.111. The number of nitro groups is 1. The lowest BCUT2D eigenvalue weighted by molar-refractivity contribution is -0.384. The lowest BCUT2D eigenvalue weighted by Crippen LogP contribution is -2.22. The second-order valence-electron chi connectivity index (χ2n) is 6.07. The summed E-state index contributed by atoms with van der Waals surface area (Å²) in [4.78, 5) is 14.8. The average Bonchev–Trinajstić information content (AvgIpc) is 3.17. The molecule has 3 aromatic rings. The summed E-state index contributed by atoms with van der Waals surface area (Å²) in [5.74, 6) is 0. The van der Waals surface area contributed by atoms with E-state index in [1.807, 2.05) is 5.38 Å². The molecule has 11 heteroatoms. The van der Waals surface area contributed by atoms with E-state index in [1.54, 1.807) is 36.4 Å². The Hall–Kier alpha value is -3.15. The van der Waals surface area contributed by atoms with Crippen molar-refractivity contribution in [2.24, 2.45) is 5.10 Å². The molecule has 1 N–H and O–H groups in total. The van der Waals surface area contributed by atoms with Crippen LogP contribution < -0.4 is 5.43 Å². The Morgan fingerprint density at radius 1 is 1.14 bits per heavy atom. The van der Waals surface area contributed by atoms with E-state index in [-0.39, 0.29) is 10.6 Å². The maximum atomic E-state index is 12.1. The van der Waals surface area contributed by atoms with Crippen molar-refractivity contribution in [3.05, 3.63) is 69.6 Å². The predicted molar refractivity (Wildman–Crippen MR) is 113 cm³/mol. The minimum absolute atomic E-state index is 0.0177. The minimum atomic E-state index is -3.47. The molecule has 150 valence electrons. The van der Waals surface area contributed by atoms with Crippen molar-refractivity contribution in [1.82, 2.24) is 9.29 Å². The fourth-order valence-corrected chi connectivity index (χ4v) is 3.88. The van der Waals surface area contributed by atoms with E-state index in [1.165, 1.54) is 43.8 Å². The van der Waals surface area contributed by atoms with Gasteiger partial charge in [0.05, 0.1) is 21.7 Å². The molecule has 1 heterocycles. The zero-order valence-corrected chi connectivity index (χ0v) is 17.1. The van der Waals surface area contributed by atoms with Gasteiger partial charge in [0.25, 0.3) is 5.69 Å². The van der Waals surface area contributed by atoms with Crippen LogP contribution in [-0.4, -0.2) is 42.9 Å². The first-order valence-electron chi connectivity index (χ1n) is 8.29. The molecular weight excluding hydrogens is 414 g/mol. The summed E-state index contributed by atoms with van der Waals surface area (Å²) in [6.45, 7) is 0. The molecule has 0 bridgehead atoms. The van der Waals surface area contributed by atoms with Crippen LogP contribution in [0.5, 0.6) is 0 Å². The number of hydrazone groups is 1. The third-order valence-electron chi connectivity index (χ3n) is 3.91. The first kappa shape index (κ1) is 20.6. The summed E-state index contributed by atoms with van der Waals surface area (Å²) in [6, 6.07) is 12.5. The van der Waals surface area contributed by atoms with Gasteiger partial charge >= 0.3 is 0 Å². The number of rotatable bonds is 7. The summed E-state index contributed by atoms with van der Waals surface area (Å²) < 4.78 is 25.4. The molecule has 0 aliphatic carbocycles. The monoisotopic (exact) mass is 431 g/mol. The van der Waals surface area contributed by atoms with Gasteiger partial charge in [-0.05, 0) is 29.8 Å². The zero-order valence-electron chi connectivity index (χ0n) is 15.5. The van der Waals surface area contributed by atoms with Gasteiger partial charge < -0.3 is 0 Å². The molecule has 0 aliphatic heterocycles. The Morgan fingerprint density at radius 3 is 2.38 bits per heavy atom. The van der Waals surface area contributed by atoms with E-state index in [4.69, 9.17) is 0 Å². The van der Waals surface area contributed by atoms with Gasteiger partial charge in [-0.1, -0.05) is 12.1 Å². The van der Waals surface area contributed by atoms with Crippen LogP contribution in [0.1, 0.15) is 5.56 Å². The van der Waals surface area contributed by atoms with Crippen molar-refractivity contribution in [3.8, 4) is 11.3 Å². The van der Waals surface area contributed by atoms with Gasteiger partial charge in [0.1, 0.15) is 0 Å². The van der Waals surface area contributed by atoms with E-state index >= 15 is 0 Å². The number of aromatic nitrogens is 1. The maximum absolute atomic E-state index is 12.1. The SMILES string of the molecule is CN(C)S(=O)(=O)c1ccc(-c2csc(N/N=C/c3ccc([N+](=O)[O-])cc3)n2)cc1. The highest BCUT2D eigenvalue weighted by Crippen LogP contribution is 2.26. The number of nitro benzene ring substituents is 1. The number of hydrogen-bond donors (Lipinski definition) is 1. The molecule has 0 saturated carbocycles. The summed E-state index contributed by atoms with van der Waals surface area (Å²) in [5, 5.41) is 17.1. The quantitative estimate of drug-likeness (QED) is 0.348. The molecule has 0 spiro atoms. The van der Waals surface area contributed by atoms with E-state index in [0.717, 1.165) is 9.87 Å². The summed E-state index contributed by atoms with van der Waals surface area (Å²) in [6.07, 6.45) is 1.53. The first-order valence-corrected chi connectivity index (χ1v) is 10.6. The molecule has 0 fully saturated rings. The van der Waals surface area contributed by atoms with Crippen molar-refractivity contribution in [1.29, 1.82) is 0 Å². The van der Waals surface area contributed by atoms with E-state index in [9.17, 15) is 18.5 Å². The van der Waals surface area contributed by atoms with Crippen LogP contribution >= 0.6 is 11.3 Å². The van der Waals surface area contributed by atoms with Gasteiger partial charge in [0, 0.05) is 37.2 Å². The van der Waals surface area contributed by atoms with Gasteiger partial charge in [0.2, 0.25) is 15.2 Å². The normalized spacial score (nSPS) is 11.8. The number of nitrogens with zero attached hydrogens (tertiary/aromatic N) is 4. The van der Waals surface area contributed by atoms with Crippen LogP contribution in [0.25, 0.3) is 11.3 Å². The molecule has 0 saturated heterocycles. The molecule has 3 rings (SSSR count). The Kier molecular flexibility index (Phi) is 6.01. The minimum Gasteiger partial charge on any atom is -0.258 e. The Bertz CT molecular complexity index is 1140. The molecule has 0 aliphatic rings. The summed E-state index contributed by atoms with van der Waals surface area (Å²) in [7, 11) is -0.500. The molecule has 0 amide bonds. The number of nitrogens with one attached hydrogen (secondary N) is 1. The van der Waals surface area contributed by atoms with Gasteiger partial charge in [0.15, 0.2) is 0 Å². The number of hydrogen-bond acceptors (Lipinski definition) is 8. The number of sulfonamides is 1. The molecule has 29 heavy (non-hydrogen) atoms. The largest absolute Gasteiger partial charge is 0.269 e. The highest BCUT2D eigenvalue weighted by molar-refractivity contribution is 7.89. The standard InChI is InChI=1S/C18H17N5O4S2/c1-22(2)29(26,27)16-9-5-14(6-10-16)17-12-28-18(20-17)21-19-11-13-3-7-15(8-4-13)23(24)25/h3-12H,1-2H3,(H,20,21)/b19-11+. The van der Waals surface area contributed by atoms with Gasteiger partial charge in [-0.3, -0.25) is 15.5 Å². The van der Waals surface area contributed by atoms with E-state index < -0.39 is 14.9 Å². The molecular formula is C18H17N5O4S2. The fourth-order valence-electron chi connectivity index (χ4n) is 2.31.